The number of amides is 1. The first-order chi connectivity index (χ1) is 18.3. The normalized spacial score (nSPS) is 18.7. The molecule has 11 nitrogen and oxygen atoms in total. The van der Waals surface area contributed by atoms with Gasteiger partial charge in [0, 0.05) is 36.2 Å². The number of rotatable bonds is 6. The van der Waals surface area contributed by atoms with Crippen LogP contribution >= 0.6 is 0 Å². The molecular weight excluding hydrogens is 492 g/mol. The van der Waals surface area contributed by atoms with Gasteiger partial charge in [-0.1, -0.05) is 6.92 Å². The first-order valence-electron chi connectivity index (χ1n) is 12.6. The minimum atomic E-state index is -1.89. The number of carbonyl (C=O) groups is 2. The van der Waals surface area contributed by atoms with Crippen molar-refractivity contribution in [2.75, 3.05) is 26.9 Å². The third kappa shape index (κ3) is 3.49. The number of esters is 1. The van der Waals surface area contributed by atoms with Gasteiger partial charge in [0.05, 0.1) is 35.6 Å². The zero-order valence-electron chi connectivity index (χ0n) is 21.2. The third-order valence-corrected chi connectivity index (χ3v) is 7.82. The fraction of sp³-hybridized carbons (Fsp3) is 0.407. The highest BCUT2D eigenvalue weighted by Gasteiger charge is 2.45. The molecule has 3 N–H and O–H groups in total. The highest BCUT2D eigenvalue weighted by molar-refractivity contribution is 5.91. The van der Waals surface area contributed by atoms with E-state index in [1.165, 1.54) is 0 Å². The van der Waals surface area contributed by atoms with Gasteiger partial charge in [-0.15, -0.1) is 0 Å². The van der Waals surface area contributed by atoms with Gasteiger partial charge in [-0.2, -0.15) is 0 Å². The highest BCUT2D eigenvalue weighted by Crippen LogP contribution is 2.43. The average Bonchev–Trinajstić information content (AvgIpc) is 3.53. The number of hydrogen-bond donors (Lipinski definition) is 2. The molecule has 0 bridgehead atoms. The molecule has 0 fully saturated rings. The van der Waals surface area contributed by atoms with Crippen LogP contribution in [0.2, 0.25) is 0 Å². The minimum Gasteiger partial charge on any atom is -0.458 e. The molecule has 1 aromatic carbocycles. The van der Waals surface area contributed by atoms with E-state index >= 15 is 0 Å². The molecule has 0 unspecified atom stereocenters. The second-order valence-electron chi connectivity index (χ2n) is 9.87. The molecule has 3 aliphatic heterocycles. The van der Waals surface area contributed by atoms with Crippen molar-refractivity contribution in [3.05, 3.63) is 50.8 Å². The number of aromatic nitrogens is 2. The largest absolute Gasteiger partial charge is 0.458 e. The van der Waals surface area contributed by atoms with Crippen LogP contribution in [-0.2, 0) is 39.5 Å². The molecule has 3 aliphatic rings. The van der Waals surface area contributed by atoms with Gasteiger partial charge >= 0.3 is 5.97 Å². The molecule has 0 saturated carbocycles. The zero-order chi connectivity index (χ0) is 26.8. The Labute approximate surface area is 217 Å². The minimum absolute atomic E-state index is 0.0488. The summed E-state index contributed by atoms with van der Waals surface area (Å²) in [6.45, 7) is 2.38. The quantitative estimate of drug-likeness (QED) is 0.358. The van der Waals surface area contributed by atoms with Crippen LogP contribution in [0.25, 0.3) is 22.3 Å². The van der Waals surface area contributed by atoms with E-state index in [1.54, 1.807) is 29.5 Å². The summed E-state index contributed by atoms with van der Waals surface area (Å²) < 4.78 is 18.0. The topological polar surface area (TPSA) is 146 Å². The molecule has 2 aromatic heterocycles. The van der Waals surface area contributed by atoms with Gasteiger partial charge in [0.2, 0.25) is 12.7 Å². The van der Waals surface area contributed by atoms with E-state index in [2.05, 4.69) is 0 Å². The Balaban J connectivity index is 1.51. The van der Waals surface area contributed by atoms with E-state index in [4.69, 9.17) is 24.9 Å². The van der Waals surface area contributed by atoms with Gasteiger partial charge in [-0.05, 0) is 37.0 Å². The number of carbonyl (C=O) groups excluding carboxylic acids is 2. The Morgan fingerprint density at radius 3 is 2.68 bits per heavy atom. The number of benzene rings is 1. The van der Waals surface area contributed by atoms with Crippen molar-refractivity contribution in [1.29, 1.82) is 0 Å². The smallest absolute Gasteiger partial charge is 0.343 e. The van der Waals surface area contributed by atoms with Gasteiger partial charge in [0.15, 0.2) is 17.1 Å². The molecule has 0 radical (unpaired) electrons. The van der Waals surface area contributed by atoms with Crippen LogP contribution in [0.1, 0.15) is 42.0 Å². The Hall–Kier alpha value is -3.96. The van der Waals surface area contributed by atoms with Crippen LogP contribution in [0.3, 0.4) is 0 Å². The third-order valence-electron chi connectivity index (χ3n) is 7.82. The van der Waals surface area contributed by atoms with E-state index in [9.17, 15) is 19.5 Å². The van der Waals surface area contributed by atoms with Crippen LogP contribution in [0.5, 0.6) is 11.5 Å². The molecule has 0 spiro atoms. The summed E-state index contributed by atoms with van der Waals surface area (Å²) in [6.07, 6.45) is 1.36. The maximum absolute atomic E-state index is 13.6. The summed E-state index contributed by atoms with van der Waals surface area (Å²) >= 11 is 0. The monoisotopic (exact) mass is 520 g/mol. The van der Waals surface area contributed by atoms with Crippen LogP contribution in [0.4, 0.5) is 0 Å². The van der Waals surface area contributed by atoms with Crippen molar-refractivity contribution in [3.63, 3.8) is 0 Å². The number of ether oxygens (including phenoxy) is 3. The molecule has 3 aromatic rings. The van der Waals surface area contributed by atoms with Crippen molar-refractivity contribution in [2.24, 2.45) is 5.73 Å². The standard InChI is InChI=1S/C27H28N4O7/c1-3-27(35)18-8-20-24-16(11-31(20)25(33)17(18)12-36-26(27)34)14(5-4-6-30(2)23(32)10-28)15-7-21-22(38-13-37-21)9-19(15)29-24/h7-9,35H,3-6,10-13,28H2,1-2H3/t27-/m0/s1. The maximum Gasteiger partial charge on any atom is 0.343 e. The maximum atomic E-state index is 13.6. The summed E-state index contributed by atoms with van der Waals surface area (Å²) in [5.41, 5.74) is 7.57. The Bertz CT molecular complexity index is 1580. The molecule has 1 atom stereocenters. The van der Waals surface area contributed by atoms with Crippen LogP contribution in [-0.4, -0.2) is 58.4 Å². The Morgan fingerprint density at radius 2 is 1.95 bits per heavy atom. The highest BCUT2D eigenvalue weighted by atomic mass is 16.7. The number of pyridine rings is 2. The summed E-state index contributed by atoms with van der Waals surface area (Å²) in [4.78, 5) is 44.6. The summed E-state index contributed by atoms with van der Waals surface area (Å²) in [7, 11) is 1.72. The number of hydrogen-bond acceptors (Lipinski definition) is 9. The summed E-state index contributed by atoms with van der Waals surface area (Å²) in [6, 6.07) is 5.44. The van der Waals surface area contributed by atoms with Gasteiger partial charge in [-0.3, -0.25) is 9.59 Å². The van der Waals surface area contributed by atoms with Crippen molar-refractivity contribution in [1.82, 2.24) is 14.5 Å². The molecule has 1 amide bonds. The van der Waals surface area contributed by atoms with Crippen molar-refractivity contribution in [2.45, 2.75) is 44.9 Å². The fourth-order valence-corrected chi connectivity index (χ4v) is 5.61. The second kappa shape index (κ2) is 8.81. The number of likely N-dealkylation sites (N-methyl/N-ethyl adjacent to an activating group) is 1. The number of aliphatic hydroxyl groups is 1. The summed E-state index contributed by atoms with van der Waals surface area (Å²) in [5.74, 6) is 0.324. The van der Waals surface area contributed by atoms with E-state index in [0.717, 1.165) is 16.5 Å². The molecular formula is C27H28N4O7. The number of nitrogens with two attached hydrogens (primary N) is 1. The lowest BCUT2D eigenvalue weighted by atomic mass is 9.86. The van der Waals surface area contributed by atoms with Crippen LogP contribution in [0.15, 0.2) is 23.0 Å². The zero-order valence-corrected chi connectivity index (χ0v) is 21.2. The number of cyclic esters (lactones) is 1. The molecule has 0 aliphatic carbocycles. The van der Waals surface area contributed by atoms with E-state index in [-0.39, 0.29) is 49.0 Å². The summed E-state index contributed by atoms with van der Waals surface area (Å²) in [5, 5.41) is 12.0. The van der Waals surface area contributed by atoms with Crippen LogP contribution < -0.4 is 20.8 Å². The molecule has 5 heterocycles. The van der Waals surface area contributed by atoms with Gasteiger partial charge < -0.3 is 34.5 Å². The van der Waals surface area contributed by atoms with Crippen molar-refractivity contribution >= 4 is 22.8 Å². The van der Waals surface area contributed by atoms with Crippen LogP contribution in [0, 0.1) is 0 Å². The second-order valence-corrected chi connectivity index (χ2v) is 9.87. The van der Waals surface area contributed by atoms with E-state index in [1.807, 2.05) is 12.1 Å². The molecule has 11 heteroatoms. The number of aryl methyl sites for hydroxylation is 1. The lowest BCUT2D eigenvalue weighted by Gasteiger charge is -2.31. The average molecular weight is 521 g/mol. The SMILES string of the molecule is CC[C@@]1(O)C(=O)OCc2c1cc1n(c2=O)Cc2c-1nc1cc3c(cc1c2CCCN(C)C(=O)CN)OCO3. The number of fused-ring (bicyclic) bond motifs is 6. The molecule has 38 heavy (non-hydrogen) atoms. The van der Waals surface area contributed by atoms with E-state index < -0.39 is 11.6 Å². The Morgan fingerprint density at radius 1 is 1.18 bits per heavy atom. The van der Waals surface area contributed by atoms with Crippen molar-refractivity contribution < 1.29 is 28.9 Å². The lowest BCUT2D eigenvalue weighted by molar-refractivity contribution is -0.172. The Kier molecular flexibility index (Phi) is 5.65. The first kappa shape index (κ1) is 24.4. The lowest BCUT2D eigenvalue weighted by Crippen LogP contribution is -2.44. The van der Waals surface area contributed by atoms with Crippen molar-refractivity contribution in [3.8, 4) is 22.9 Å². The van der Waals surface area contributed by atoms with Gasteiger partial charge in [0.25, 0.3) is 5.56 Å². The van der Waals surface area contributed by atoms with E-state index in [0.29, 0.717) is 54.3 Å². The van der Waals surface area contributed by atoms with Gasteiger partial charge in [-0.25, -0.2) is 9.78 Å². The molecule has 0 saturated heterocycles. The predicted octanol–water partition coefficient (Wildman–Crippen LogP) is 1.16. The fourth-order valence-electron chi connectivity index (χ4n) is 5.61. The molecule has 6 rings (SSSR count). The number of nitrogens with zero attached hydrogens (tertiary/aromatic N) is 3. The molecule has 198 valence electrons. The first-order valence-corrected chi connectivity index (χ1v) is 12.6. The predicted molar refractivity (Wildman–Crippen MR) is 136 cm³/mol. The van der Waals surface area contributed by atoms with Gasteiger partial charge in [0.1, 0.15) is 6.61 Å².